The van der Waals surface area contributed by atoms with E-state index in [-0.39, 0.29) is 17.4 Å². The second kappa shape index (κ2) is 9.17. The zero-order chi connectivity index (χ0) is 22.7. The Hall–Kier alpha value is -3.11. The standard InChI is InChI=1S/C22H25N3O6S/c1-28-18-12-16(13-19(29-2)20(18)30-3)21-23-22(31-24-21)15-8-7-11-25(14-15)32(26,27)17-9-5-4-6-10-17/h4-6,9-10,12-13,15H,7-8,11,14H2,1-3H3/t15-/m1/s1. The Morgan fingerprint density at radius 1 is 1.03 bits per heavy atom. The lowest BCUT2D eigenvalue weighted by Crippen LogP contribution is -2.39. The normalized spacial score (nSPS) is 17.2. The molecule has 1 aromatic heterocycles. The van der Waals surface area contributed by atoms with Gasteiger partial charge in [-0.1, -0.05) is 23.4 Å². The molecule has 32 heavy (non-hydrogen) atoms. The summed E-state index contributed by atoms with van der Waals surface area (Å²) >= 11 is 0. The molecule has 2 heterocycles. The van der Waals surface area contributed by atoms with Gasteiger partial charge in [0.1, 0.15) is 0 Å². The first-order chi connectivity index (χ1) is 15.5. The molecule has 0 amide bonds. The van der Waals surface area contributed by atoms with Gasteiger partial charge in [0.25, 0.3) is 0 Å². The van der Waals surface area contributed by atoms with Crippen LogP contribution < -0.4 is 14.2 Å². The van der Waals surface area contributed by atoms with Crippen LogP contribution in [0.25, 0.3) is 11.4 Å². The van der Waals surface area contributed by atoms with Crippen molar-refractivity contribution < 1.29 is 27.2 Å². The summed E-state index contributed by atoms with van der Waals surface area (Å²) in [5, 5.41) is 4.11. The highest BCUT2D eigenvalue weighted by molar-refractivity contribution is 7.89. The first-order valence-electron chi connectivity index (χ1n) is 10.2. The van der Waals surface area contributed by atoms with Crippen molar-refractivity contribution in [3.8, 4) is 28.6 Å². The first kappa shape index (κ1) is 22.1. The van der Waals surface area contributed by atoms with Crippen LogP contribution in [0.2, 0.25) is 0 Å². The molecule has 1 atom stereocenters. The van der Waals surface area contributed by atoms with Crippen LogP contribution in [-0.2, 0) is 10.0 Å². The molecular formula is C22H25N3O6S. The third-order valence-corrected chi connectivity index (χ3v) is 7.36. The highest BCUT2D eigenvalue weighted by atomic mass is 32.2. The quantitative estimate of drug-likeness (QED) is 0.530. The summed E-state index contributed by atoms with van der Waals surface area (Å²) in [7, 11) is 1.02. The molecule has 170 valence electrons. The van der Waals surface area contributed by atoms with Crippen molar-refractivity contribution in [3.05, 3.63) is 48.4 Å². The highest BCUT2D eigenvalue weighted by Crippen LogP contribution is 2.41. The summed E-state index contributed by atoms with van der Waals surface area (Å²) in [6.07, 6.45) is 1.47. The minimum absolute atomic E-state index is 0.189. The Labute approximate surface area is 187 Å². The summed E-state index contributed by atoms with van der Waals surface area (Å²) in [6, 6.07) is 11.9. The predicted octanol–water partition coefficient (Wildman–Crippen LogP) is 3.33. The molecule has 0 aliphatic carbocycles. The monoisotopic (exact) mass is 459 g/mol. The second-order valence-electron chi connectivity index (χ2n) is 7.39. The van der Waals surface area contributed by atoms with E-state index >= 15 is 0 Å². The fourth-order valence-electron chi connectivity index (χ4n) is 3.83. The highest BCUT2D eigenvalue weighted by Gasteiger charge is 2.33. The van der Waals surface area contributed by atoms with E-state index in [0.29, 0.717) is 47.5 Å². The van der Waals surface area contributed by atoms with Gasteiger partial charge >= 0.3 is 0 Å². The van der Waals surface area contributed by atoms with Gasteiger partial charge in [0.15, 0.2) is 11.5 Å². The number of hydrogen-bond acceptors (Lipinski definition) is 8. The summed E-state index contributed by atoms with van der Waals surface area (Å²) < 4.78 is 49.2. The summed E-state index contributed by atoms with van der Waals surface area (Å²) in [5.74, 6) is 2.00. The molecule has 1 aliphatic rings. The van der Waals surface area contributed by atoms with E-state index in [1.807, 2.05) is 0 Å². The lowest BCUT2D eigenvalue weighted by molar-refractivity contribution is 0.265. The average Bonchev–Trinajstić information content (AvgIpc) is 3.34. The topological polar surface area (TPSA) is 104 Å². The van der Waals surface area contributed by atoms with Gasteiger partial charge in [0.2, 0.25) is 27.5 Å². The van der Waals surface area contributed by atoms with Crippen LogP contribution in [0.15, 0.2) is 51.9 Å². The number of aromatic nitrogens is 2. The fraction of sp³-hybridized carbons (Fsp3) is 0.364. The van der Waals surface area contributed by atoms with E-state index in [0.717, 1.165) is 6.42 Å². The molecule has 1 fully saturated rings. The molecule has 0 radical (unpaired) electrons. The van der Waals surface area contributed by atoms with Crippen LogP contribution in [0.5, 0.6) is 17.2 Å². The van der Waals surface area contributed by atoms with Crippen molar-refractivity contribution in [3.63, 3.8) is 0 Å². The SMILES string of the molecule is COc1cc(-c2noc([C@@H]3CCCN(S(=O)(=O)c4ccccc4)C3)n2)cc(OC)c1OC. The molecule has 9 nitrogen and oxygen atoms in total. The maximum atomic E-state index is 13.0. The molecule has 0 bridgehead atoms. The van der Waals surface area contributed by atoms with Crippen LogP contribution in [-0.4, -0.2) is 57.3 Å². The van der Waals surface area contributed by atoms with E-state index in [4.69, 9.17) is 18.7 Å². The van der Waals surface area contributed by atoms with E-state index in [9.17, 15) is 8.42 Å². The molecule has 3 aromatic rings. The van der Waals surface area contributed by atoms with Gasteiger partial charge in [-0.05, 0) is 37.1 Å². The molecule has 0 unspecified atom stereocenters. The van der Waals surface area contributed by atoms with Crippen LogP contribution in [0.1, 0.15) is 24.7 Å². The maximum Gasteiger partial charge on any atom is 0.243 e. The van der Waals surface area contributed by atoms with Crippen molar-refractivity contribution in [2.45, 2.75) is 23.7 Å². The van der Waals surface area contributed by atoms with E-state index in [1.165, 1.54) is 25.6 Å². The predicted molar refractivity (Wildman–Crippen MR) is 117 cm³/mol. The number of ether oxygens (including phenoxy) is 3. The van der Waals surface area contributed by atoms with E-state index in [1.54, 1.807) is 42.5 Å². The lowest BCUT2D eigenvalue weighted by Gasteiger charge is -2.30. The number of hydrogen-bond donors (Lipinski definition) is 0. The minimum Gasteiger partial charge on any atom is -0.493 e. The number of nitrogens with zero attached hydrogens (tertiary/aromatic N) is 3. The van der Waals surface area contributed by atoms with Crippen LogP contribution in [0.3, 0.4) is 0 Å². The molecule has 1 saturated heterocycles. The summed E-state index contributed by atoms with van der Waals surface area (Å²) in [4.78, 5) is 4.83. The first-order valence-corrected chi connectivity index (χ1v) is 11.6. The van der Waals surface area contributed by atoms with E-state index < -0.39 is 10.0 Å². The molecule has 2 aromatic carbocycles. The number of methoxy groups -OCH3 is 3. The number of benzene rings is 2. The Morgan fingerprint density at radius 2 is 1.72 bits per heavy atom. The lowest BCUT2D eigenvalue weighted by atomic mass is 10.00. The third-order valence-electron chi connectivity index (χ3n) is 5.48. The Balaban J connectivity index is 1.59. The molecule has 10 heteroatoms. The zero-order valence-electron chi connectivity index (χ0n) is 18.1. The molecule has 0 saturated carbocycles. The largest absolute Gasteiger partial charge is 0.493 e. The van der Waals surface area contributed by atoms with Crippen molar-refractivity contribution in [2.75, 3.05) is 34.4 Å². The number of sulfonamides is 1. The minimum atomic E-state index is -3.58. The third kappa shape index (κ3) is 4.15. The maximum absolute atomic E-state index is 13.0. The Bertz CT molecular complexity index is 1150. The molecular weight excluding hydrogens is 434 g/mol. The van der Waals surface area contributed by atoms with Crippen LogP contribution in [0, 0.1) is 0 Å². The van der Waals surface area contributed by atoms with Crippen molar-refractivity contribution in [1.29, 1.82) is 0 Å². The van der Waals surface area contributed by atoms with Gasteiger partial charge in [-0.2, -0.15) is 9.29 Å². The second-order valence-corrected chi connectivity index (χ2v) is 9.32. The molecule has 0 spiro atoms. The van der Waals surface area contributed by atoms with Gasteiger partial charge in [-0.25, -0.2) is 8.42 Å². The van der Waals surface area contributed by atoms with Gasteiger partial charge < -0.3 is 18.7 Å². The van der Waals surface area contributed by atoms with Gasteiger partial charge in [0.05, 0.1) is 32.1 Å². The van der Waals surface area contributed by atoms with Crippen molar-refractivity contribution in [1.82, 2.24) is 14.4 Å². The molecule has 4 rings (SSSR count). The van der Waals surface area contributed by atoms with Gasteiger partial charge in [-0.15, -0.1) is 0 Å². The van der Waals surface area contributed by atoms with Crippen molar-refractivity contribution in [2.24, 2.45) is 0 Å². The van der Waals surface area contributed by atoms with E-state index in [2.05, 4.69) is 10.1 Å². The smallest absolute Gasteiger partial charge is 0.243 e. The van der Waals surface area contributed by atoms with Gasteiger partial charge in [-0.3, -0.25) is 0 Å². The van der Waals surface area contributed by atoms with Crippen LogP contribution >= 0.6 is 0 Å². The molecule has 0 N–H and O–H groups in total. The Kier molecular flexibility index (Phi) is 6.33. The summed E-state index contributed by atoms with van der Waals surface area (Å²) in [6.45, 7) is 0.746. The molecule has 1 aliphatic heterocycles. The van der Waals surface area contributed by atoms with Crippen LogP contribution in [0.4, 0.5) is 0 Å². The van der Waals surface area contributed by atoms with Gasteiger partial charge in [0, 0.05) is 18.7 Å². The van der Waals surface area contributed by atoms with Crippen molar-refractivity contribution >= 4 is 10.0 Å². The fourth-order valence-corrected chi connectivity index (χ4v) is 5.38. The number of piperidine rings is 1. The summed E-state index contributed by atoms with van der Waals surface area (Å²) in [5.41, 5.74) is 0.638. The average molecular weight is 460 g/mol. The number of rotatable bonds is 7. The Morgan fingerprint density at radius 3 is 2.34 bits per heavy atom. The zero-order valence-corrected chi connectivity index (χ0v) is 19.0.